The summed E-state index contributed by atoms with van der Waals surface area (Å²) in [6.45, 7) is 74.7. The van der Waals surface area contributed by atoms with Crippen LogP contribution in [-0.4, -0.2) is 241 Å². The van der Waals surface area contributed by atoms with Gasteiger partial charge in [-0.2, -0.15) is 0 Å². The van der Waals surface area contributed by atoms with Crippen molar-refractivity contribution in [1.29, 1.82) is 0 Å². The van der Waals surface area contributed by atoms with Gasteiger partial charge in [-0.05, 0) is 209 Å². The zero-order valence-electron chi connectivity index (χ0n) is 76.4. The molecule has 0 aromatic rings. The summed E-state index contributed by atoms with van der Waals surface area (Å²) in [5.41, 5.74) is 0. The summed E-state index contributed by atoms with van der Waals surface area (Å²) in [7, 11) is 0. The fraction of sp³-hybridized carbons (Fsp3) is 0.917. The van der Waals surface area contributed by atoms with Gasteiger partial charge >= 0.3 is 0 Å². The molecule has 0 N–H and O–H groups in total. The third-order valence-corrected chi connectivity index (χ3v) is 34.2. The molecule has 104 heavy (non-hydrogen) atoms. The van der Waals surface area contributed by atoms with Crippen LogP contribution in [0.1, 0.15) is 316 Å². The minimum absolute atomic E-state index is 0. The Morgan fingerprint density at radius 3 is 0.913 bits per heavy atom. The highest BCUT2D eigenvalue weighted by Gasteiger charge is 2.52. The van der Waals surface area contributed by atoms with Crippen LogP contribution in [0.4, 0.5) is 0 Å². The molecule has 16 fully saturated rings. The van der Waals surface area contributed by atoms with Crippen LogP contribution in [0.25, 0.3) is 0 Å². The molecule has 16 atom stereocenters. The largest absolute Gasteiger partial charge is 0.358 e. The summed E-state index contributed by atoms with van der Waals surface area (Å²) in [5.74, 6) is 7.76. The van der Waals surface area contributed by atoms with E-state index in [0.29, 0.717) is 0 Å². The molecule has 8 spiro atoms. The van der Waals surface area contributed by atoms with E-state index in [9.17, 15) is 0 Å². The van der Waals surface area contributed by atoms with E-state index in [1.807, 2.05) is 0 Å². The molecule has 0 aromatic carbocycles. The van der Waals surface area contributed by atoms with Gasteiger partial charge in [0.15, 0.2) is 0 Å². The van der Waals surface area contributed by atoms with E-state index >= 15 is 0 Å². The molecule has 16 aliphatic heterocycles. The molecule has 0 radical (unpaired) electrons. The van der Waals surface area contributed by atoms with Gasteiger partial charge in [0.25, 0.3) is 0 Å². The smallest absolute Gasteiger partial charge is 0.0892 e. The van der Waals surface area contributed by atoms with Gasteiger partial charge in [-0.15, -0.1) is 0 Å². The predicted octanol–water partition coefficient (Wildman–Crippen LogP) is 22.9. The Bertz CT molecular complexity index is 2130. The maximum absolute atomic E-state index is 2.49. The van der Waals surface area contributed by atoms with E-state index in [1.165, 1.54) is 398 Å². The third kappa shape index (κ3) is 24.6. The van der Waals surface area contributed by atoms with E-state index in [2.05, 4.69) is 111 Å². The predicted molar refractivity (Wildman–Crippen MR) is 467 cm³/mol. The Hall–Kier alpha value is -0.320. The fourth-order valence-corrected chi connectivity index (χ4v) is 26.6. The SMILES string of the molecule is CC1CC(C)[N+]2(CCCCC2)C1.CC1CC(C)[N+]2(CCCCC2)C1C.CC1CCC(C)[N+]12CCCCC2.CC1CCC[N+]12CCCCC2.CC1CC[N+]2(CCCCC2)C1.CC1CC[N+]2(CCCCC2)C1C.CC1C[N+]2(CCCCC2)C(C)C1C.CC1C[N+]2(CCCCC2)CC1C.[CH3-].[CH3-].[CH3-].[CH3-].[CH3-].[CH3-].[CH3-].[CH3-]. The summed E-state index contributed by atoms with van der Waals surface area (Å²) < 4.78 is 11.8. The molecule has 8 nitrogen and oxygen atoms in total. The monoisotopic (exact) mass is 1470 g/mol. The second kappa shape index (κ2) is 46.1. The van der Waals surface area contributed by atoms with Crippen molar-refractivity contribution in [3.63, 3.8) is 0 Å². The van der Waals surface area contributed by atoms with Crippen LogP contribution in [0.15, 0.2) is 0 Å². The Morgan fingerprint density at radius 1 is 0.183 bits per heavy atom. The van der Waals surface area contributed by atoms with Gasteiger partial charge in [0, 0.05) is 98.7 Å². The zero-order chi connectivity index (χ0) is 68.8. The van der Waals surface area contributed by atoms with Crippen LogP contribution in [0.3, 0.4) is 0 Å². The number of rotatable bonds is 0. The van der Waals surface area contributed by atoms with Crippen LogP contribution in [-0.2, 0) is 0 Å². The number of hydrogen-bond acceptors (Lipinski definition) is 0. The summed E-state index contributed by atoms with van der Waals surface area (Å²) in [4.78, 5) is 0. The lowest BCUT2D eigenvalue weighted by molar-refractivity contribution is -0.963. The number of piperidine rings is 8. The zero-order valence-corrected chi connectivity index (χ0v) is 76.4. The lowest BCUT2D eigenvalue weighted by atomic mass is 9.95. The molecular formula is C96H200N8. The summed E-state index contributed by atoms with van der Waals surface area (Å²) in [5, 5.41) is 0. The maximum Gasteiger partial charge on any atom is 0.0892 e. The maximum atomic E-state index is 2.49. The first kappa shape index (κ1) is 102. The van der Waals surface area contributed by atoms with Crippen LogP contribution in [0, 0.1) is 107 Å². The summed E-state index contributed by atoms with van der Waals surface area (Å²) in [6.07, 6.45) is 47.4. The van der Waals surface area contributed by atoms with Gasteiger partial charge in [0.2, 0.25) is 0 Å². The Kier molecular flexibility index (Phi) is 45.1. The number of nitrogens with zero attached hydrogens (tertiary/aromatic N) is 8. The molecule has 0 aliphatic carbocycles. The van der Waals surface area contributed by atoms with Crippen LogP contribution in [0.2, 0.25) is 0 Å². The molecule has 0 saturated carbocycles. The van der Waals surface area contributed by atoms with Crippen LogP contribution < -0.4 is 0 Å². The molecule has 8 heteroatoms. The third-order valence-electron chi connectivity index (χ3n) is 34.2. The molecule has 624 valence electrons. The molecular weight excluding hydrogens is 1270 g/mol. The van der Waals surface area contributed by atoms with Crippen LogP contribution >= 0.6 is 0 Å². The van der Waals surface area contributed by atoms with Gasteiger partial charge < -0.3 is 95.3 Å². The fourth-order valence-electron chi connectivity index (χ4n) is 26.6. The first-order chi connectivity index (χ1) is 45.9. The quantitative estimate of drug-likeness (QED) is 0.168. The van der Waals surface area contributed by atoms with Crippen molar-refractivity contribution in [3.05, 3.63) is 59.4 Å². The van der Waals surface area contributed by atoms with Gasteiger partial charge in [-0.25, -0.2) is 0 Å². The minimum atomic E-state index is 0. The topological polar surface area (TPSA) is 0 Å². The van der Waals surface area contributed by atoms with E-state index in [4.69, 9.17) is 0 Å². The molecule has 16 rings (SSSR count). The standard InChI is InChI=1S/2C12H24N.4C11H22N.2C10H20N.8CH3/c1-10-9-13(12(3)11(10)2)7-5-4-6-8-13;1-10-9-11(2)13(12(10)3)7-5-4-6-8-13;1-10-6-7-11(2)12(10)8-4-3-5-9-12;1-10-6-9-12(11(10)2)7-4-3-5-8-12;1-10-8-12(9-11(10)2)6-4-3-5-7-12;1-10-8-11(2)12(9-10)6-4-3-5-7-12;1-10-6-5-9-11(10)7-3-2-4-8-11;1-10-5-8-11(9-10)6-3-2-4-7-11;;;;;;;;/h2*10-12H,4-9H2,1-3H3;4*10-11H,3-9H2,1-2H3;2*10H,2-9H2,1H3;8*1H3/q8*+1;8*-1. The molecule has 0 amide bonds. The van der Waals surface area contributed by atoms with Gasteiger partial charge in [0.1, 0.15) is 0 Å². The normalized spacial score (nSPS) is 37.4. The van der Waals surface area contributed by atoms with Gasteiger partial charge in [0.05, 0.1) is 205 Å². The van der Waals surface area contributed by atoms with Crippen molar-refractivity contribution in [3.8, 4) is 0 Å². The molecule has 16 aliphatic rings. The molecule has 16 heterocycles. The highest BCUT2D eigenvalue weighted by atomic mass is 15.4. The van der Waals surface area contributed by atoms with E-state index < -0.39 is 0 Å². The van der Waals surface area contributed by atoms with Gasteiger partial charge in [-0.3, -0.25) is 0 Å². The van der Waals surface area contributed by atoms with Crippen LogP contribution in [0.5, 0.6) is 0 Å². The summed E-state index contributed by atoms with van der Waals surface area (Å²) >= 11 is 0. The average Bonchev–Trinajstić information content (AvgIpc) is 1.62. The minimum Gasteiger partial charge on any atom is -0.358 e. The van der Waals surface area contributed by atoms with Gasteiger partial charge in [-0.1, -0.05) is 55.4 Å². The first-order valence-electron chi connectivity index (χ1n) is 44.8. The highest BCUT2D eigenvalue weighted by molar-refractivity contribution is 4.82. The van der Waals surface area contributed by atoms with Crippen molar-refractivity contribution in [1.82, 2.24) is 0 Å². The van der Waals surface area contributed by atoms with Crippen molar-refractivity contribution in [2.45, 2.75) is 365 Å². The lowest BCUT2D eigenvalue weighted by Gasteiger charge is -2.46. The Balaban J connectivity index is 0.000000588. The Labute approximate surface area is 660 Å². The molecule has 16 unspecified atom stereocenters. The van der Waals surface area contributed by atoms with E-state index in [0.717, 1.165) is 95.7 Å². The number of hydrogen-bond donors (Lipinski definition) is 0. The second-order valence-corrected chi connectivity index (χ2v) is 40.1. The highest BCUT2D eigenvalue weighted by Crippen LogP contribution is 2.43. The first-order valence-corrected chi connectivity index (χ1v) is 44.8. The molecule has 0 aromatic heterocycles. The Morgan fingerprint density at radius 2 is 0.567 bits per heavy atom. The number of quaternary nitrogens is 8. The molecule has 0 bridgehead atoms. The van der Waals surface area contributed by atoms with Crippen molar-refractivity contribution in [2.75, 3.05) is 157 Å². The summed E-state index contributed by atoms with van der Waals surface area (Å²) in [6, 6.07) is 7.59. The molecule has 16 saturated heterocycles. The van der Waals surface area contributed by atoms with Crippen molar-refractivity contribution >= 4 is 0 Å². The lowest BCUT2D eigenvalue weighted by Crippen LogP contribution is -2.58. The second-order valence-electron chi connectivity index (χ2n) is 40.1. The average molecular weight is 1470 g/mol. The van der Waals surface area contributed by atoms with Crippen molar-refractivity contribution < 1.29 is 35.9 Å². The van der Waals surface area contributed by atoms with E-state index in [1.54, 1.807) is 0 Å². The van der Waals surface area contributed by atoms with Crippen molar-refractivity contribution in [2.24, 2.45) is 47.3 Å². The van der Waals surface area contributed by atoms with E-state index in [-0.39, 0.29) is 59.4 Å².